The number of halogens is 1. The van der Waals surface area contributed by atoms with Crippen molar-refractivity contribution in [1.82, 2.24) is 4.98 Å². The van der Waals surface area contributed by atoms with E-state index >= 15 is 0 Å². The quantitative estimate of drug-likeness (QED) is 0.340. The summed E-state index contributed by atoms with van der Waals surface area (Å²) in [5, 5.41) is 4.28. The fourth-order valence-corrected chi connectivity index (χ4v) is 2.63. The SMILES string of the molecule is CC(C)c1cccc(NC(N)=NCc2cccc3cccnc23)c1.I. The highest BCUT2D eigenvalue weighted by Crippen LogP contribution is 2.19. The van der Waals surface area contributed by atoms with Gasteiger partial charge in [0.25, 0.3) is 0 Å². The summed E-state index contributed by atoms with van der Waals surface area (Å²) in [7, 11) is 0. The molecule has 0 saturated heterocycles. The molecule has 0 aliphatic rings. The fraction of sp³-hybridized carbons (Fsp3) is 0.200. The number of aliphatic imine (C=N–C) groups is 1. The van der Waals surface area contributed by atoms with Crippen LogP contribution >= 0.6 is 24.0 Å². The van der Waals surface area contributed by atoms with E-state index in [4.69, 9.17) is 5.73 Å². The Labute approximate surface area is 165 Å². The summed E-state index contributed by atoms with van der Waals surface area (Å²) < 4.78 is 0. The number of aromatic nitrogens is 1. The van der Waals surface area contributed by atoms with Gasteiger partial charge in [0.2, 0.25) is 0 Å². The van der Waals surface area contributed by atoms with Gasteiger partial charge < -0.3 is 11.1 Å². The van der Waals surface area contributed by atoms with Crippen molar-refractivity contribution in [3.05, 3.63) is 71.9 Å². The van der Waals surface area contributed by atoms with Crippen LogP contribution in [0.1, 0.15) is 30.9 Å². The second-order valence-electron chi connectivity index (χ2n) is 6.10. The molecule has 3 aromatic rings. The maximum Gasteiger partial charge on any atom is 0.193 e. The van der Waals surface area contributed by atoms with E-state index in [0.717, 1.165) is 22.2 Å². The van der Waals surface area contributed by atoms with Crippen molar-refractivity contribution in [3.63, 3.8) is 0 Å². The Bertz CT molecular complexity index is 869. The van der Waals surface area contributed by atoms with Crippen molar-refractivity contribution < 1.29 is 0 Å². The van der Waals surface area contributed by atoms with Gasteiger partial charge in [-0.2, -0.15) is 0 Å². The Hall–Kier alpha value is -2.15. The van der Waals surface area contributed by atoms with Gasteiger partial charge in [0.15, 0.2) is 5.96 Å². The Morgan fingerprint density at radius 1 is 1.12 bits per heavy atom. The number of hydrogen-bond acceptors (Lipinski definition) is 2. The molecule has 0 unspecified atom stereocenters. The molecule has 1 aromatic heterocycles. The summed E-state index contributed by atoms with van der Waals surface area (Å²) >= 11 is 0. The molecule has 3 rings (SSSR count). The number of pyridine rings is 1. The molecular weight excluding hydrogens is 423 g/mol. The molecule has 25 heavy (non-hydrogen) atoms. The van der Waals surface area contributed by atoms with E-state index < -0.39 is 0 Å². The lowest BCUT2D eigenvalue weighted by Crippen LogP contribution is -2.22. The van der Waals surface area contributed by atoms with Crippen LogP contribution in [0.25, 0.3) is 10.9 Å². The van der Waals surface area contributed by atoms with Crippen LogP contribution in [0.2, 0.25) is 0 Å². The van der Waals surface area contributed by atoms with E-state index in [9.17, 15) is 0 Å². The summed E-state index contributed by atoms with van der Waals surface area (Å²) in [6.07, 6.45) is 1.80. The average Bonchev–Trinajstić information content (AvgIpc) is 2.60. The second kappa shape index (κ2) is 8.80. The summed E-state index contributed by atoms with van der Waals surface area (Å²) in [4.78, 5) is 8.90. The van der Waals surface area contributed by atoms with Gasteiger partial charge in [-0.1, -0.05) is 50.2 Å². The number of para-hydroxylation sites is 1. The van der Waals surface area contributed by atoms with E-state index in [-0.39, 0.29) is 24.0 Å². The van der Waals surface area contributed by atoms with Crippen LogP contribution in [-0.4, -0.2) is 10.9 Å². The summed E-state index contributed by atoms with van der Waals surface area (Å²) in [5.41, 5.74) is 10.3. The predicted octanol–water partition coefficient (Wildman–Crippen LogP) is 4.90. The predicted molar refractivity (Wildman–Crippen MR) is 117 cm³/mol. The molecule has 0 fully saturated rings. The van der Waals surface area contributed by atoms with E-state index in [1.807, 2.05) is 30.3 Å². The smallest absolute Gasteiger partial charge is 0.193 e. The second-order valence-corrected chi connectivity index (χ2v) is 6.10. The monoisotopic (exact) mass is 446 g/mol. The van der Waals surface area contributed by atoms with Gasteiger partial charge in [-0.3, -0.25) is 4.98 Å². The van der Waals surface area contributed by atoms with Gasteiger partial charge in [-0.15, -0.1) is 24.0 Å². The number of anilines is 1. The third-order valence-electron chi connectivity index (χ3n) is 3.96. The third kappa shape index (κ3) is 4.92. The number of benzene rings is 2. The maximum atomic E-state index is 6.04. The molecule has 0 aliphatic carbocycles. The van der Waals surface area contributed by atoms with Crippen LogP contribution in [0.15, 0.2) is 65.8 Å². The maximum absolute atomic E-state index is 6.04. The zero-order valence-electron chi connectivity index (χ0n) is 14.4. The summed E-state index contributed by atoms with van der Waals surface area (Å²) in [5.74, 6) is 0.885. The van der Waals surface area contributed by atoms with E-state index in [2.05, 4.69) is 53.4 Å². The lowest BCUT2D eigenvalue weighted by atomic mass is 10.0. The minimum Gasteiger partial charge on any atom is -0.370 e. The number of guanidine groups is 1. The molecule has 0 radical (unpaired) electrons. The minimum atomic E-state index is 0. The van der Waals surface area contributed by atoms with E-state index in [1.165, 1.54) is 5.56 Å². The molecule has 0 aliphatic heterocycles. The average molecular weight is 446 g/mol. The van der Waals surface area contributed by atoms with Gasteiger partial charge in [0, 0.05) is 17.3 Å². The number of hydrogen-bond donors (Lipinski definition) is 2. The topological polar surface area (TPSA) is 63.3 Å². The lowest BCUT2D eigenvalue weighted by molar-refractivity contribution is 0.867. The van der Waals surface area contributed by atoms with Gasteiger partial charge in [-0.25, -0.2) is 4.99 Å². The first kappa shape index (κ1) is 19.2. The third-order valence-corrected chi connectivity index (χ3v) is 3.96. The molecule has 1 heterocycles. The molecular formula is C20H23IN4. The summed E-state index contributed by atoms with van der Waals surface area (Å²) in [6.45, 7) is 4.84. The highest BCUT2D eigenvalue weighted by atomic mass is 127. The molecule has 2 aromatic carbocycles. The van der Waals surface area contributed by atoms with Gasteiger partial charge in [0.1, 0.15) is 0 Å². The Morgan fingerprint density at radius 3 is 2.68 bits per heavy atom. The van der Waals surface area contributed by atoms with Crippen LogP contribution in [0.5, 0.6) is 0 Å². The fourth-order valence-electron chi connectivity index (χ4n) is 2.63. The first-order chi connectivity index (χ1) is 11.6. The van der Waals surface area contributed by atoms with Crippen molar-refractivity contribution in [1.29, 1.82) is 0 Å². The number of nitrogens with two attached hydrogens (primary N) is 1. The number of fused-ring (bicyclic) bond motifs is 1. The standard InChI is InChI=1S/C20H22N4.HI/c1-14(2)16-7-4-10-18(12-16)24-20(21)23-13-17-8-3-6-15-9-5-11-22-19(15)17;/h3-12,14H,13H2,1-2H3,(H3,21,23,24);1H. The summed E-state index contributed by atoms with van der Waals surface area (Å²) in [6, 6.07) is 18.3. The molecule has 130 valence electrons. The van der Waals surface area contributed by atoms with E-state index in [0.29, 0.717) is 18.4 Å². The van der Waals surface area contributed by atoms with Gasteiger partial charge in [0.05, 0.1) is 12.1 Å². The first-order valence-electron chi connectivity index (χ1n) is 8.13. The Kier molecular flexibility index (Phi) is 6.75. The van der Waals surface area contributed by atoms with Crippen LogP contribution in [0.3, 0.4) is 0 Å². The molecule has 0 atom stereocenters. The minimum absolute atomic E-state index is 0. The number of nitrogens with one attached hydrogen (secondary N) is 1. The largest absolute Gasteiger partial charge is 0.370 e. The van der Waals surface area contributed by atoms with Crippen molar-refractivity contribution in [2.45, 2.75) is 26.3 Å². The zero-order valence-corrected chi connectivity index (χ0v) is 16.8. The first-order valence-corrected chi connectivity index (χ1v) is 8.13. The number of rotatable bonds is 4. The molecule has 0 saturated carbocycles. The molecule has 5 heteroatoms. The van der Waals surface area contributed by atoms with Gasteiger partial charge >= 0.3 is 0 Å². The Morgan fingerprint density at radius 2 is 1.88 bits per heavy atom. The van der Waals surface area contributed by atoms with Crippen molar-refractivity contribution in [2.75, 3.05) is 5.32 Å². The highest BCUT2D eigenvalue weighted by molar-refractivity contribution is 14.0. The van der Waals surface area contributed by atoms with Gasteiger partial charge in [-0.05, 0) is 35.2 Å². The van der Waals surface area contributed by atoms with Crippen LogP contribution in [-0.2, 0) is 6.54 Å². The molecule has 0 spiro atoms. The zero-order chi connectivity index (χ0) is 16.9. The van der Waals surface area contributed by atoms with Crippen LogP contribution in [0, 0.1) is 0 Å². The van der Waals surface area contributed by atoms with Crippen LogP contribution < -0.4 is 11.1 Å². The molecule has 0 bridgehead atoms. The van der Waals surface area contributed by atoms with Crippen molar-refractivity contribution in [3.8, 4) is 0 Å². The Balaban J connectivity index is 0.00000225. The molecule has 0 amide bonds. The normalized spacial score (nSPS) is 11.4. The molecule has 3 N–H and O–H groups in total. The van der Waals surface area contributed by atoms with Crippen molar-refractivity contribution in [2.24, 2.45) is 10.7 Å². The molecule has 4 nitrogen and oxygen atoms in total. The highest BCUT2D eigenvalue weighted by Gasteiger charge is 2.03. The number of nitrogens with zero attached hydrogens (tertiary/aromatic N) is 2. The lowest BCUT2D eigenvalue weighted by Gasteiger charge is -2.10. The van der Waals surface area contributed by atoms with Crippen LogP contribution in [0.4, 0.5) is 5.69 Å². The van der Waals surface area contributed by atoms with Crippen molar-refractivity contribution >= 4 is 46.5 Å². The van der Waals surface area contributed by atoms with E-state index in [1.54, 1.807) is 6.20 Å².